The van der Waals surface area contributed by atoms with Crippen LogP contribution in [0.15, 0.2) is 0 Å². The highest BCUT2D eigenvalue weighted by Gasteiger charge is 2.13. The molecule has 17 heavy (non-hydrogen) atoms. The Balaban J connectivity index is 2.93. The van der Waals surface area contributed by atoms with E-state index in [1.807, 2.05) is 0 Å². The first kappa shape index (κ1) is 13.9. The average Bonchev–Trinajstić information content (AvgIpc) is 2.15. The Morgan fingerprint density at radius 2 is 2.00 bits per heavy atom. The normalized spacial score (nSPS) is 12.6. The van der Waals surface area contributed by atoms with E-state index in [1.165, 1.54) is 0 Å². The fraction of sp³-hybridized carbons (Fsp3) is 0.583. The molecule has 0 bridgehead atoms. The summed E-state index contributed by atoms with van der Waals surface area (Å²) in [7, 11) is 0. The molecule has 1 aromatic heterocycles. The van der Waals surface area contributed by atoms with E-state index in [0.29, 0.717) is 29.4 Å². The number of aryl methyl sites for hydroxylation is 1. The highest BCUT2D eigenvalue weighted by molar-refractivity contribution is 6.32. The van der Waals surface area contributed by atoms with E-state index in [-0.39, 0.29) is 11.2 Å². The van der Waals surface area contributed by atoms with Crippen LogP contribution in [0.4, 0.5) is 5.82 Å². The third kappa shape index (κ3) is 3.97. The summed E-state index contributed by atoms with van der Waals surface area (Å²) in [6, 6.07) is 0.235. The Hall–Kier alpha value is -1.16. The Labute approximate surface area is 107 Å². The van der Waals surface area contributed by atoms with Crippen molar-refractivity contribution in [3.63, 3.8) is 0 Å². The zero-order valence-corrected chi connectivity index (χ0v) is 11.4. The highest BCUT2D eigenvalue weighted by atomic mass is 35.5. The van der Waals surface area contributed by atoms with Crippen LogP contribution < -0.4 is 5.32 Å². The minimum absolute atomic E-state index is 0.201. The second kappa shape index (κ2) is 5.96. The fourth-order valence-electron chi connectivity index (χ4n) is 1.76. The van der Waals surface area contributed by atoms with Gasteiger partial charge in [-0.3, -0.25) is 4.79 Å². The van der Waals surface area contributed by atoms with E-state index in [4.69, 9.17) is 11.6 Å². The molecule has 0 amide bonds. The number of nitrogens with one attached hydrogen (secondary N) is 1. The molecule has 0 aliphatic rings. The van der Waals surface area contributed by atoms with Gasteiger partial charge in [-0.1, -0.05) is 25.4 Å². The number of nitrogens with zero attached hydrogens (tertiary/aromatic N) is 2. The summed E-state index contributed by atoms with van der Waals surface area (Å²) in [6.07, 6.45) is 1.69. The van der Waals surface area contributed by atoms with Gasteiger partial charge in [0.25, 0.3) is 0 Å². The average molecular weight is 256 g/mol. The summed E-state index contributed by atoms with van der Waals surface area (Å²) >= 11 is 5.90. The van der Waals surface area contributed by atoms with Crippen molar-refractivity contribution in [2.24, 2.45) is 5.92 Å². The van der Waals surface area contributed by atoms with Crippen LogP contribution in [-0.2, 0) is 0 Å². The molecule has 0 radical (unpaired) electrons. The molecule has 1 heterocycles. The lowest BCUT2D eigenvalue weighted by molar-refractivity contribution is 0.112. The minimum Gasteiger partial charge on any atom is -0.367 e. The highest BCUT2D eigenvalue weighted by Crippen LogP contribution is 2.20. The number of aromatic nitrogens is 2. The molecule has 94 valence electrons. The number of carbonyl (C=O) groups is 1. The van der Waals surface area contributed by atoms with Crippen LogP contribution >= 0.6 is 11.6 Å². The van der Waals surface area contributed by atoms with Crippen molar-refractivity contribution in [3.05, 3.63) is 16.5 Å². The van der Waals surface area contributed by atoms with E-state index in [9.17, 15) is 4.79 Å². The first-order valence-corrected chi connectivity index (χ1v) is 6.07. The summed E-state index contributed by atoms with van der Waals surface area (Å²) < 4.78 is 0. The molecular formula is C12H18ClN3O. The maximum Gasteiger partial charge on any atom is 0.156 e. The Bertz CT molecular complexity index is 407. The molecular weight excluding hydrogens is 238 g/mol. The van der Waals surface area contributed by atoms with Gasteiger partial charge in [0.15, 0.2) is 6.29 Å². The zero-order chi connectivity index (χ0) is 13.0. The van der Waals surface area contributed by atoms with Crippen molar-refractivity contribution in [1.29, 1.82) is 0 Å². The number of halogens is 1. The van der Waals surface area contributed by atoms with Gasteiger partial charge >= 0.3 is 0 Å². The summed E-state index contributed by atoms with van der Waals surface area (Å²) in [5.74, 6) is 1.65. The maximum atomic E-state index is 11.0. The van der Waals surface area contributed by atoms with Gasteiger partial charge in [0.05, 0.1) is 5.56 Å². The summed E-state index contributed by atoms with van der Waals surface area (Å²) in [5, 5.41) is 3.41. The molecule has 1 atom stereocenters. The maximum absolute atomic E-state index is 11.0. The standard InChI is InChI=1S/C12H18ClN3O/c1-7(2)5-8(3)14-12-10(6-17)11(13)15-9(4)16-12/h6-8H,5H2,1-4H3,(H,14,15,16). The van der Waals surface area contributed by atoms with E-state index in [2.05, 4.69) is 36.1 Å². The SMILES string of the molecule is Cc1nc(Cl)c(C=O)c(NC(C)CC(C)C)n1. The number of hydrogen-bond donors (Lipinski definition) is 1. The van der Waals surface area contributed by atoms with Crippen LogP contribution in [0.25, 0.3) is 0 Å². The van der Waals surface area contributed by atoms with Crippen LogP contribution in [0.2, 0.25) is 5.15 Å². The smallest absolute Gasteiger partial charge is 0.156 e. The molecule has 0 fully saturated rings. The molecule has 0 aromatic carbocycles. The number of aldehydes is 1. The molecule has 0 saturated heterocycles. The van der Waals surface area contributed by atoms with Crippen LogP contribution in [0.3, 0.4) is 0 Å². The summed E-state index contributed by atoms with van der Waals surface area (Å²) in [6.45, 7) is 8.10. The van der Waals surface area contributed by atoms with E-state index in [1.54, 1.807) is 6.92 Å². The molecule has 0 aliphatic carbocycles. The number of anilines is 1. The molecule has 0 aliphatic heterocycles. The van der Waals surface area contributed by atoms with Crippen LogP contribution in [-0.4, -0.2) is 22.3 Å². The Kier molecular flexibility index (Phi) is 4.87. The monoisotopic (exact) mass is 255 g/mol. The molecule has 1 unspecified atom stereocenters. The van der Waals surface area contributed by atoms with Gasteiger partial charge in [0.1, 0.15) is 16.8 Å². The zero-order valence-electron chi connectivity index (χ0n) is 10.6. The topological polar surface area (TPSA) is 54.9 Å². The molecule has 4 nitrogen and oxygen atoms in total. The van der Waals surface area contributed by atoms with Crippen molar-refractivity contribution >= 4 is 23.7 Å². The van der Waals surface area contributed by atoms with Crippen molar-refractivity contribution in [3.8, 4) is 0 Å². The van der Waals surface area contributed by atoms with E-state index >= 15 is 0 Å². The second-order valence-corrected chi connectivity index (χ2v) is 4.97. The van der Waals surface area contributed by atoms with Crippen LogP contribution in [0, 0.1) is 12.8 Å². The molecule has 0 saturated carbocycles. The third-order valence-corrected chi connectivity index (χ3v) is 2.62. The van der Waals surface area contributed by atoms with Gasteiger partial charge in [-0.05, 0) is 26.2 Å². The molecule has 5 heteroatoms. The number of hydrogen-bond acceptors (Lipinski definition) is 4. The predicted octanol–water partition coefficient (Wildman–Crippen LogP) is 3.10. The summed E-state index contributed by atoms with van der Waals surface area (Å²) in [4.78, 5) is 19.1. The molecule has 1 N–H and O–H groups in total. The lowest BCUT2D eigenvalue weighted by Crippen LogP contribution is -2.20. The van der Waals surface area contributed by atoms with Gasteiger partial charge in [-0.25, -0.2) is 9.97 Å². The van der Waals surface area contributed by atoms with Gasteiger partial charge in [0, 0.05) is 6.04 Å². The number of carbonyl (C=O) groups excluding carboxylic acids is 1. The van der Waals surface area contributed by atoms with Gasteiger partial charge in [-0.2, -0.15) is 0 Å². The van der Waals surface area contributed by atoms with E-state index < -0.39 is 0 Å². The fourth-order valence-corrected chi connectivity index (χ4v) is 2.02. The predicted molar refractivity (Wildman–Crippen MR) is 69.7 cm³/mol. The van der Waals surface area contributed by atoms with Crippen LogP contribution in [0.5, 0.6) is 0 Å². The van der Waals surface area contributed by atoms with Crippen molar-refractivity contribution in [2.75, 3.05) is 5.32 Å². The van der Waals surface area contributed by atoms with Crippen molar-refractivity contribution in [1.82, 2.24) is 9.97 Å². The van der Waals surface area contributed by atoms with Gasteiger partial charge < -0.3 is 5.32 Å². The quantitative estimate of drug-likeness (QED) is 0.649. The largest absolute Gasteiger partial charge is 0.367 e. The number of rotatable bonds is 5. The van der Waals surface area contributed by atoms with Gasteiger partial charge in [0.2, 0.25) is 0 Å². The van der Waals surface area contributed by atoms with E-state index in [0.717, 1.165) is 6.42 Å². The Morgan fingerprint density at radius 3 is 2.53 bits per heavy atom. The summed E-state index contributed by atoms with van der Waals surface area (Å²) in [5.41, 5.74) is 0.327. The molecule has 1 rings (SSSR count). The third-order valence-electron chi connectivity index (χ3n) is 2.34. The molecule has 0 spiro atoms. The first-order chi connectivity index (χ1) is 7.93. The Morgan fingerprint density at radius 1 is 1.35 bits per heavy atom. The van der Waals surface area contributed by atoms with Crippen LogP contribution in [0.1, 0.15) is 43.4 Å². The minimum atomic E-state index is 0.201. The second-order valence-electron chi connectivity index (χ2n) is 4.62. The lowest BCUT2D eigenvalue weighted by atomic mass is 10.1. The van der Waals surface area contributed by atoms with Gasteiger partial charge in [-0.15, -0.1) is 0 Å². The lowest BCUT2D eigenvalue weighted by Gasteiger charge is -2.18. The molecule has 1 aromatic rings. The first-order valence-electron chi connectivity index (χ1n) is 5.70. The van der Waals surface area contributed by atoms with Crippen molar-refractivity contribution in [2.45, 2.75) is 40.2 Å². The van der Waals surface area contributed by atoms with Crippen molar-refractivity contribution < 1.29 is 4.79 Å².